The molecule has 0 fully saturated rings. The predicted molar refractivity (Wildman–Crippen MR) is 90.6 cm³/mol. The van der Waals surface area contributed by atoms with Crippen LogP contribution in [0.5, 0.6) is 5.75 Å². The summed E-state index contributed by atoms with van der Waals surface area (Å²) in [5.74, 6) is 0.0193. The molecule has 1 aromatic heterocycles. The lowest BCUT2D eigenvalue weighted by atomic mass is 10.3. The summed E-state index contributed by atoms with van der Waals surface area (Å²) >= 11 is 0. The van der Waals surface area contributed by atoms with Gasteiger partial charge in [-0.25, -0.2) is 8.78 Å². The van der Waals surface area contributed by atoms with Gasteiger partial charge in [0.15, 0.2) is 17.6 Å². The van der Waals surface area contributed by atoms with Crippen LogP contribution in [0.2, 0.25) is 0 Å². The molecule has 0 saturated carbocycles. The van der Waals surface area contributed by atoms with Gasteiger partial charge in [-0.05, 0) is 12.1 Å². The van der Waals surface area contributed by atoms with Gasteiger partial charge in [0.25, 0.3) is 0 Å². The van der Waals surface area contributed by atoms with E-state index in [-0.39, 0.29) is 12.4 Å². The predicted octanol–water partition coefficient (Wildman–Crippen LogP) is 1.36. The summed E-state index contributed by atoms with van der Waals surface area (Å²) in [6.07, 6.45) is 2.53. The number of aliphatic imine (C=N–C) groups is 1. The molecule has 0 bridgehead atoms. The highest BCUT2D eigenvalue weighted by molar-refractivity contribution is 5.79. The second-order valence-corrected chi connectivity index (χ2v) is 5.14. The summed E-state index contributed by atoms with van der Waals surface area (Å²) in [6, 6.07) is 3.44. The quantitative estimate of drug-likeness (QED) is 0.426. The van der Waals surface area contributed by atoms with E-state index in [0.29, 0.717) is 19.0 Å². The van der Waals surface area contributed by atoms with E-state index in [4.69, 9.17) is 4.74 Å². The van der Waals surface area contributed by atoms with Crippen molar-refractivity contribution in [3.63, 3.8) is 0 Å². The Labute approximate surface area is 145 Å². The van der Waals surface area contributed by atoms with Crippen LogP contribution in [0.4, 0.5) is 8.78 Å². The monoisotopic (exact) mass is 352 g/mol. The third-order valence-corrected chi connectivity index (χ3v) is 3.44. The van der Waals surface area contributed by atoms with Crippen LogP contribution in [0.15, 0.2) is 29.5 Å². The Hall–Kier alpha value is -2.71. The average Bonchev–Trinajstić information content (AvgIpc) is 3.07. The van der Waals surface area contributed by atoms with Crippen LogP contribution in [-0.4, -0.2) is 47.5 Å². The summed E-state index contributed by atoms with van der Waals surface area (Å²) in [6.45, 7) is 4.17. The molecule has 0 aliphatic heterocycles. The SMILES string of the molecule is CCc1nncn1CCNC(=NC)NCCOc1ccc(F)c(F)c1. The molecule has 25 heavy (non-hydrogen) atoms. The van der Waals surface area contributed by atoms with Crippen LogP contribution in [0.25, 0.3) is 0 Å². The summed E-state index contributed by atoms with van der Waals surface area (Å²) in [7, 11) is 1.67. The lowest BCUT2D eigenvalue weighted by Gasteiger charge is -2.13. The normalized spacial score (nSPS) is 11.4. The number of hydrogen-bond acceptors (Lipinski definition) is 4. The fraction of sp³-hybridized carbons (Fsp3) is 0.438. The Bertz CT molecular complexity index is 704. The van der Waals surface area contributed by atoms with Crippen LogP contribution in [0.1, 0.15) is 12.7 Å². The molecule has 0 unspecified atom stereocenters. The van der Waals surface area contributed by atoms with Crippen molar-refractivity contribution in [1.82, 2.24) is 25.4 Å². The second kappa shape index (κ2) is 9.55. The molecule has 2 aromatic rings. The first-order valence-corrected chi connectivity index (χ1v) is 8.03. The Balaban J connectivity index is 1.67. The number of aromatic nitrogens is 3. The van der Waals surface area contributed by atoms with Gasteiger partial charge in [-0.3, -0.25) is 4.99 Å². The Morgan fingerprint density at radius 2 is 2.04 bits per heavy atom. The molecule has 0 aliphatic rings. The summed E-state index contributed by atoms with van der Waals surface area (Å²) in [5.41, 5.74) is 0. The van der Waals surface area contributed by atoms with E-state index in [1.807, 2.05) is 11.5 Å². The van der Waals surface area contributed by atoms with Gasteiger partial charge in [-0.15, -0.1) is 10.2 Å². The number of ether oxygens (including phenoxy) is 1. The Kier molecular flexibility index (Phi) is 7.12. The van der Waals surface area contributed by atoms with Crippen LogP contribution in [0.3, 0.4) is 0 Å². The van der Waals surface area contributed by atoms with E-state index in [1.54, 1.807) is 13.4 Å². The van der Waals surface area contributed by atoms with Crippen molar-refractivity contribution in [2.75, 3.05) is 26.7 Å². The molecule has 0 aliphatic carbocycles. The zero-order valence-corrected chi connectivity index (χ0v) is 14.3. The zero-order valence-electron chi connectivity index (χ0n) is 14.3. The van der Waals surface area contributed by atoms with Crippen molar-refractivity contribution >= 4 is 5.96 Å². The number of benzene rings is 1. The maximum Gasteiger partial charge on any atom is 0.191 e. The molecule has 136 valence electrons. The molecule has 0 amide bonds. The minimum atomic E-state index is -0.927. The fourth-order valence-electron chi connectivity index (χ4n) is 2.16. The Morgan fingerprint density at radius 3 is 2.76 bits per heavy atom. The second-order valence-electron chi connectivity index (χ2n) is 5.14. The van der Waals surface area contributed by atoms with Crippen LogP contribution in [-0.2, 0) is 13.0 Å². The largest absolute Gasteiger partial charge is 0.492 e. The topological polar surface area (TPSA) is 76.4 Å². The van der Waals surface area contributed by atoms with E-state index in [1.165, 1.54) is 6.07 Å². The first-order chi connectivity index (χ1) is 12.1. The van der Waals surface area contributed by atoms with Crippen molar-refractivity contribution < 1.29 is 13.5 Å². The maximum absolute atomic E-state index is 13.1. The van der Waals surface area contributed by atoms with Gasteiger partial charge in [0.05, 0.1) is 6.54 Å². The van der Waals surface area contributed by atoms with Crippen LogP contribution in [0, 0.1) is 11.6 Å². The number of nitrogens with one attached hydrogen (secondary N) is 2. The first-order valence-electron chi connectivity index (χ1n) is 8.03. The third-order valence-electron chi connectivity index (χ3n) is 3.44. The van der Waals surface area contributed by atoms with Gasteiger partial charge in [0, 0.05) is 32.6 Å². The Morgan fingerprint density at radius 1 is 1.24 bits per heavy atom. The third kappa shape index (κ3) is 5.70. The summed E-state index contributed by atoms with van der Waals surface area (Å²) < 4.78 is 33.2. The standard InChI is InChI=1S/C16H22F2N6O/c1-3-15-23-22-11-24(15)8-6-20-16(19-2)21-7-9-25-12-4-5-13(17)14(18)10-12/h4-5,10-11H,3,6-9H2,1-2H3,(H2,19,20,21). The van der Waals surface area contributed by atoms with Gasteiger partial charge in [-0.1, -0.05) is 6.92 Å². The molecule has 7 nitrogen and oxygen atoms in total. The highest BCUT2D eigenvalue weighted by atomic mass is 19.2. The molecule has 0 atom stereocenters. The molecule has 0 spiro atoms. The average molecular weight is 352 g/mol. The highest BCUT2D eigenvalue weighted by Gasteiger charge is 2.04. The molecule has 0 saturated heterocycles. The van der Waals surface area contributed by atoms with E-state index >= 15 is 0 Å². The smallest absolute Gasteiger partial charge is 0.191 e. The van der Waals surface area contributed by atoms with E-state index in [9.17, 15) is 8.78 Å². The summed E-state index contributed by atoms with van der Waals surface area (Å²) in [4.78, 5) is 4.11. The summed E-state index contributed by atoms with van der Waals surface area (Å²) in [5, 5.41) is 14.2. The van der Waals surface area contributed by atoms with Gasteiger partial charge >= 0.3 is 0 Å². The van der Waals surface area contributed by atoms with Crippen molar-refractivity contribution in [3.05, 3.63) is 42.0 Å². The van der Waals surface area contributed by atoms with Crippen LogP contribution >= 0.6 is 0 Å². The molecule has 2 N–H and O–H groups in total. The highest BCUT2D eigenvalue weighted by Crippen LogP contribution is 2.14. The lowest BCUT2D eigenvalue weighted by molar-refractivity contribution is 0.318. The molecular formula is C16H22F2N6O. The number of guanidine groups is 1. The van der Waals surface area contributed by atoms with Crippen molar-refractivity contribution in [2.24, 2.45) is 4.99 Å². The fourth-order valence-corrected chi connectivity index (χ4v) is 2.16. The van der Waals surface area contributed by atoms with Gasteiger partial charge in [-0.2, -0.15) is 0 Å². The molecule has 1 heterocycles. The number of nitrogens with zero attached hydrogens (tertiary/aromatic N) is 4. The minimum Gasteiger partial charge on any atom is -0.492 e. The van der Waals surface area contributed by atoms with Crippen LogP contribution < -0.4 is 15.4 Å². The molecule has 2 rings (SSSR count). The van der Waals surface area contributed by atoms with E-state index in [2.05, 4.69) is 25.8 Å². The number of aryl methyl sites for hydroxylation is 1. The van der Waals surface area contributed by atoms with E-state index in [0.717, 1.165) is 30.9 Å². The van der Waals surface area contributed by atoms with E-state index < -0.39 is 11.6 Å². The molecule has 9 heteroatoms. The van der Waals surface area contributed by atoms with Gasteiger partial charge < -0.3 is 19.9 Å². The number of hydrogen-bond donors (Lipinski definition) is 2. The molecule has 1 aromatic carbocycles. The maximum atomic E-state index is 13.1. The van der Waals surface area contributed by atoms with Gasteiger partial charge in [0.2, 0.25) is 0 Å². The number of halogens is 2. The zero-order chi connectivity index (χ0) is 18.1. The number of rotatable bonds is 8. The van der Waals surface area contributed by atoms with Gasteiger partial charge in [0.1, 0.15) is 24.5 Å². The molecular weight excluding hydrogens is 330 g/mol. The molecule has 0 radical (unpaired) electrons. The van der Waals surface area contributed by atoms with Crippen molar-refractivity contribution in [2.45, 2.75) is 19.9 Å². The van der Waals surface area contributed by atoms with Crippen molar-refractivity contribution in [3.8, 4) is 5.75 Å². The minimum absolute atomic E-state index is 0.281. The first kappa shape index (κ1) is 18.6. The lowest BCUT2D eigenvalue weighted by Crippen LogP contribution is -2.40. The van der Waals surface area contributed by atoms with Crippen molar-refractivity contribution in [1.29, 1.82) is 0 Å².